The maximum atomic E-state index is 5.59. The number of rotatable bonds is 3. The van der Waals surface area contributed by atoms with Crippen LogP contribution in [0.3, 0.4) is 0 Å². The van der Waals surface area contributed by atoms with Gasteiger partial charge < -0.3 is 16.0 Å². The molecule has 0 aromatic carbocycles. The molecule has 3 N–H and O–H groups in total. The van der Waals surface area contributed by atoms with Gasteiger partial charge in [0.15, 0.2) is 0 Å². The predicted octanol–water partition coefficient (Wildman–Crippen LogP) is 1.62. The summed E-state index contributed by atoms with van der Waals surface area (Å²) in [7, 11) is 0. The van der Waals surface area contributed by atoms with E-state index in [9.17, 15) is 0 Å². The third-order valence-corrected chi connectivity index (χ3v) is 3.56. The van der Waals surface area contributed by atoms with Gasteiger partial charge in [0, 0.05) is 18.7 Å². The third-order valence-electron chi connectivity index (χ3n) is 2.83. The van der Waals surface area contributed by atoms with Gasteiger partial charge in [-0.05, 0) is 37.5 Å². The van der Waals surface area contributed by atoms with Crippen molar-refractivity contribution in [2.75, 3.05) is 30.7 Å². The number of likely N-dealkylation sites (tertiary alicyclic amines) is 1. The fourth-order valence-electron chi connectivity index (χ4n) is 2.02. The molecule has 4 nitrogen and oxygen atoms in total. The van der Waals surface area contributed by atoms with Gasteiger partial charge in [-0.15, -0.1) is 0 Å². The van der Waals surface area contributed by atoms with E-state index in [1.807, 2.05) is 6.07 Å². The number of aromatic nitrogens is 1. The molecule has 1 saturated heterocycles. The van der Waals surface area contributed by atoms with Crippen LogP contribution in [0, 0.1) is 0 Å². The van der Waals surface area contributed by atoms with Gasteiger partial charge in [0.05, 0.1) is 0 Å². The highest BCUT2D eigenvalue weighted by atomic mass is 32.1. The average molecular weight is 226 g/mol. The first-order chi connectivity index (χ1) is 7.28. The Hall–Kier alpha value is -0.810. The van der Waals surface area contributed by atoms with E-state index in [4.69, 9.17) is 5.73 Å². The molecule has 0 bridgehead atoms. The highest BCUT2D eigenvalue weighted by molar-refractivity contribution is 7.10. The lowest BCUT2D eigenvalue weighted by Gasteiger charge is -2.32. The highest BCUT2D eigenvalue weighted by Gasteiger charge is 2.18. The van der Waals surface area contributed by atoms with E-state index in [1.165, 1.54) is 30.9 Å². The largest absolute Gasteiger partial charge is 0.383 e. The molecule has 0 amide bonds. The zero-order valence-electron chi connectivity index (χ0n) is 9.07. The topological polar surface area (TPSA) is 54.2 Å². The lowest BCUT2D eigenvalue weighted by Crippen LogP contribution is -2.41. The van der Waals surface area contributed by atoms with E-state index in [1.54, 1.807) is 0 Å². The fourth-order valence-corrected chi connectivity index (χ4v) is 2.67. The molecule has 1 atom stereocenters. The molecule has 1 aliphatic heterocycles. The monoisotopic (exact) mass is 226 g/mol. The molecule has 2 heterocycles. The van der Waals surface area contributed by atoms with E-state index < -0.39 is 0 Å². The van der Waals surface area contributed by atoms with E-state index in [2.05, 4.69) is 21.5 Å². The second-order valence-electron chi connectivity index (χ2n) is 3.99. The summed E-state index contributed by atoms with van der Waals surface area (Å²) in [5.74, 6) is 0.616. The lowest BCUT2D eigenvalue weighted by atomic mass is 10.1. The molecule has 84 valence electrons. The van der Waals surface area contributed by atoms with Crippen LogP contribution in [-0.2, 0) is 0 Å². The van der Waals surface area contributed by atoms with E-state index in [0.717, 1.165) is 18.1 Å². The highest BCUT2D eigenvalue weighted by Crippen LogP contribution is 2.21. The molecular formula is C10H18N4S. The van der Waals surface area contributed by atoms with Crippen LogP contribution < -0.4 is 11.1 Å². The molecule has 2 rings (SSSR count). The van der Waals surface area contributed by atoms with Gasteiger partial charge in [-0.25, -0.2) is 0 Å². The van der Waals surface area contributed by atoms with Gasteiger partial charge in [0.1, 0.15) is 10.8 Å². The van der Waals surface area contributed by atoms with Gasteiger partial charge in [-0.1, -0.05) is 6.92 Å². The first kappa shape index (κ1) is 10.7. The molecule has 0 radical (unpaired) electrons. The summed E-state index contributed by atoms with van der Waals surface area (Å²) in [6, 6.07) is 2.47. The number of hydrogen-bond acceptors (Lipinski definition) is 5. The molecule has 1 unspecified atom stereocenters. The van der Waals surface area contributed by atoms with E-state index in [0.29, 0.717) is 11.9 Å². The normalized spacial score (nSPS) is 22.9. The average Bonchev–Trinajstić information content (AvgIpc) is 2.64. The number of nitrogens with one attached hydrogen (secondary N) is 1. The Morgan fingerprint density at radius 2 is 2.60 bits per heavy atom. The van der Waals surface area contributed by atoms with Crippen molar-refractivity contribution in [3.05, 3.63) is 6.07 Å². The summed E-state index contributed by atoms with van der Waals surface area (Å²) in [6.07, 6.45) is 2.52. The molecule has 0 aliphatic carbocycles. The summed E-state index contributed by atoms with van der Waals surface area (Å²) in [5.41, 5.74) is 5.59. The molecule has 1 fully saturated rings. The molecular weight excluding hydrogens is 208 g/mol. The first-order valence-corrected chi connectivity index (χ1v) is 6.26. The van der Waals surface area contributed by atoms with Gasteiger partial charge >= 0.3 is 0 Å². The Balaban J connectivity index is 1.88. The van der Waals surface area contributed by atoms with Crippen molar-refractivity contribution in [2.45, 2.75) is 25.8 Å². The van der Waals surface area contributed by atoms with E-state index in [-0.39, 0.29) is 0 Å². The molecule has 15 heavy (non-hydrogen) atoms. The molecule has 0 saturated carbocycles. The van der Waals surface area contributed by atoms with Gasteiger partial charge in [0.25, 0.3) is 0 Å². The summed E-state index contributed by atoms with van der Waals surface area (Å²) in [6.45, 7) is 5.73. The van der Waals surface area contributed by atoms with Crippen LogP contribution in [0.2, 0.25) is 0 Å². The van der Waals surface area contributed by atoms with Crippen LogP contribution in [0.15, 0.2) is 6.07 Å². The van der Waals surface area contributed by atoms with Crippen molar-refractivity contribution in [3.8, 4) is 0 Å². The van der Waals surface area contributed by atoms with Crippen LogP contribution in [0.25, 0.3) is 0 Å². The van der Waals surface area contributed by atoms with Crippen LogP contribution in [-0.4, -0.2) is 34.9 Å². The fraction of sp³-hybridized carbons (Fsp3) is 0.700. The Morgan fingerprint density at radius 1 is 1.73 bits per heavy atom. The standard InChI is InChI=1S/C10H18N4S/c1-2-14-5-3-4-8(7-14)12-10-6-9(11)13-15-10/h6,8,12H,2-5,7H2,1H3,(H2,11,13). The lowest BCUT2D eigenvalue weighted by molar-refractivity contribution is 0.227. The summed E-state index contributed by atoms with van der Waals surface area (Å²) < 4.78 is 4.06. The second-order valence-corrected chi connectivity index (χ2v) is 4.80. The van der Waals surface area contributed by atoms with Crippen LogP contribution >= 0.6 is 11.5 Å². The Bertz CT molecular complexity index is 312. The number of nitrogen functional groups attached to an aromatic ring is 1. The molecule has 0 spiro atoms. The minimum atomic E-state index is 0.554. The van der Waals surface area contributed by atoms with Gasteiger partial charge in [-0.3, -0.25) is 0 Å². The number of nitrogens with two attached hydrogens (primary N) is 1. The number of piperidine rings is 1. The smallest absolute Gasteiger partial charge is 0.139 e. The Kier molecular flexibility index (Phi) is 3.43. The van der Waals surface area contributed by atoms with Crippen LogP contribution in [0.1, 0.15) is 19.8 Å². The van der Waals surface area contributed by atoms with Crippen molar-refractivity contribution in [2.24, 2.45) is 0 Å². The summed E-state index contributed by atoms with van der Waals surface area (Å²) in [4.78, 5) is 2.48. The summed E-state index contributed by atoms with van der Waals surface area (Å²) in [5, 5.41) is 4.59. The number of nitrogens with zero attached hydrogens (tertiary/aromatic N) is 2. The maximum absolute atomic E-state index is 5.59. The minimum absolute atomic E-state index is 0.554. The van der Waals surface area contributed by atoms with Gasteiger partial charge in [0.2, 0.25) is 0 Å². The van der Waals surface area contributed by atoms with Crippen molar-refractivity contribution >= 4 is 22.4 Å². The Morgan fingerprint density at radius 3 is 3.27 bits per heavy atom. The predicted molar refractivity (Wildman–Crippen MR) is 65.3 cm³/mol. The number of hydrogen-bond donors (Lipinski definition) is 2. The zero-order valence-corrected chi connectivity index (χ0v) is 9.89. The zero-order chi connectivity index (χ0) is 10.7. The van der Waals surface area contributed by atoms with Crippen molar-refractivity contribution < 1.29 is 0 Å². The number of likely N-dealkylation sites (N-methyl/N-ethyl adjacent to an activating group) is 1. The minimum Gasteiger partial charge on any atom is -0.383 e. The maximum Gasteiger partial charge on any atom is 0.139 e. The molecule has 1 aliphatic rings. The van der Waals surface area contributed by atoms with Crippen LogP contribution in [0.4, 0.5) is 10.8 Å². The Labute approximate surface area is 94.6 Å². The first-order valence-electron chi connectivity index (χ1n) is 5.49. The third kappa shape index (κ3) is 2.82. The van der Waals surface area contributed by atoms with Crippen LogP contribution in [0.5, 0.6) is 0 Å². The SMILES string of the molecule is CCN1CCCC(Nc2cc(N)ns2)C1. The number of anilines is 2. The van der Waals surface area contributed by atoms with Crippen molar-refractivity contribution in [3.63, 3.8) is 0 Å². The van der Waals surface area contributed by atoms with Crippen molar-refractivity contribution in [1.82, 2.24) is 9.27 Å². The molecule has 1 aromatic rings. The second kappa shape index (κ2) is 4.81. The summed E-state index contributed by atoms with van der Waals surface area (Å²) >= 11 is 1.45. The van der Waals surface area contributed by atoms with Crippen molar-refractivity contribution in [1.29, 1.82) is 0 Å². The van der Waals surface area contributed by atoms with E-state index >= 15 is 0 Å². The molecule has 1 aromatic heterocycles. The quantitative estimate of drug-likeness (QED) is 0.822. The van der Waals surface area contributed by atoms with Gasteiger partial charge in [-0.2, -0.15) is 4.37 Å². The molecule has 5 heteroatoms.